The fraction of sp³-hybridized carbons (Fsp3) is 0.889. The SMILES string of the molecule is CC(C)CCC1CCN(C(=O)C2CCCC(C(=O)O)C2)CC1. The van der Waals surface area contributed by atoms with E-state index in [4.69, 9.17) is 5.11 Å². The van der Waals surface area contributed by atoms with Gasteiger partial charge in [-0.25, -0.2) is 0 Å². The number of amides is 1. The van der Waals surface area contributed by atoms with Crippen LogP contribution in [0.2, 0.25) is 0 Å². The molecule has 1 heterocycles. The summed E-state index contributed by atoms with van der Waals surface area (Å²) in [5.41, 5.74) is 0. The van der Waals surface area contributed by atoms with Crippen molar-refractivity contribution in [3.63, 3.8) is 0 Å². The van der Waals surface area contributed by atoms with Crippen LogP contribution in [0.1, 0.15) is 65.2 Å². The standard InChI is InChI=1S/C18H31NO3/c1-13(2)6-7-14-8-10-19(11-9-14)17(20)15-4-3-5-16(12-15)18(21)22/h13-16H,3-12H2,1-2H3,(H,21,22). The molecule has 0 bridgehead atoms. The van der Waals surface area contributed by atoms with E-state index in [-0.39, 0.29) is 17.7 Å². The summed E-state index contributed by atoms with van der Waals surface area (Å²) in [6.45, 7) is 6.27. The zero-order chi connectivity index (χ0) is 16.1. The number of likely N-dealkylation sites (tertiary alicyclic amines) is 1. The van der Waals surface area contributed by atoms with Crippen LogP contribution in [0, 0.1) is 23.7 Å². The molecule has 2 aliphatic rings. The van der Waals surface area contributed by atoms with Gasteiger partial charge < -0.3 is 10.0 Å². The van der Waals surface area contributed by atoms with Crippen LogP contribution in [0.25, 0.3) is 0 Å². The molecule has 126 valence electrons. The van der Waals surface area contributed by atoms with E-state index < -0.39 is 5.97 Å². The smallest absolute Gasteiger partial charge is 0.306 e. The molecule has 0 radical (unpaired) electrons. The van der Waals surface area contributed by atoms with Gasteiger partial charge in [-0.15, -0.1) is 0 Å². The second-order valence-electron chi connectivity index (χ2n) is 7.64. The minimum absolute atomic E-state index is 0.0536. The zero-order valence-electron chi connectivity index (χ0n) is 14.1. The number of hydrogen-bond acceptors (Lipinski definition) is 2. The van der Waals surface area contributed by atoms with Gasteiger partial charge in [0.25, 0.3) is 0 Å². The van der Waals surface area contributed by atoms with Crippen molar-refractivity contribution in [2.24, 2.45) is 23.7 Å². The van der Waals surface area contributed by atoms with Crippen molar-refractivity contribution in [3.05, 3.63) is 0 Å². The number of carboxylic acids is 1. The van der Waals surface area contributed by atoms with Gasteiger partial charge in [0.1, 0.15) is 0 Å². The van der Waals surface area contributed by atoms with E-state index in [0.717, 1.165) is 57.0 Å². The van der Waals surface area contributed by atoms with E-state index in [0.29, 0.717) is 6.42 Å². The number of piperidine rings is 1. The predicted octanol–water partition coefficient (Wildman–Crippen LogP) is 3.55. The first-order valence-electron chi connectivity index (χ1n) is 8.99. The van der Waals surface area contributed by atoms with Crippen molar-refractivity contribution >= 4 is 11.9 Å². The maximum absolute atomic E-state index is 12.6. The summed E-state index contributed by atoms with van der Waals surface area (Å²) in [6, 6.07) is 0. The van der Waals surface area contributed by atoms with Gasteiger partial charge in [0.05, 0.1) is 5.92 Å². The molecule has 2 atom stereocenters. The van der Waals surface area contributed by atoms with E-state index in [9.17, 15) is 9.59 Å². The first-order chi connectivity index (χ1) is 10.5. The molecule has 4 heteroatoms. The summed E-state index contributed by atoms with van der Waals surface area (Å²) >= 11 is 0. The first kappa shape index (κ1) is 17.3. The number of carbonyl (C=O) groups is 2. The molecule has 0 aromatic carbocycles. The lowest BCUT2D eigenvalue weighted by atomic mass is 9.80. The first-order valence-corrected chi connectivity index (χ1v) is 8.99. The summed E-state index contributed by atoms with van der Waals surface area (Å²) in [7, 11) is 0. The molecule has 1 saturated carbocycles. The number of aliphatic carboxylic acids is 1. The number of rotatable bonds is 5. The molecular weight excluding hydrogens is 278 g/mol. The molecular formula is C18H31NO3. The third-order valence-corrected chi connectivity index (χ3v) is 5.45. The van der Waals surface area contributed by atoms with Crippen molar-refractivity contribution < 1.29 is 14.7 Å². The van der Waals surface area contributed by atoms with Gasteiger partial charge in [0, 0.05) is 19.0 Å². The minimum atomic E-state index is -0.732. The molecule has 1 aliphatic carbocycles. The molecule has 0 aromatic rings. The Bertz CT molecular complexity index is 386. The van der Waals surface area contributed by atoms with Gasteiger partial charge in [-0.1, -0.05) is 33.1 Å². The molecule has 22 heavy (non-hydrogen) atoms. The Hall–Kier alpha value is -1.06. The van der Waals surface area contributed by atoms with E-state index in [2.05, 4.69) is 13.8 Å². The highest BCUT2D eigenvalue weighted by molar-refractivity contribution is 5.80. The molecule has 0 aromatic heterocycles. The van der Waals surface area contributed by atoms with Crippen molar-refractivity contribution in [3.8, 4) is 0 Å². The normalized spacial score (nSPS) is 27.1. The Labute approximate surface area is 134 Å². The van der Waals surface area contributed by atoms with Crippen LogP contribution < -0.4 is 0 Å². The lowest BCUT2D eigenvalue weighted by molar-refractivity contribution is -0.145. The third-order valence-electron chi connectivity index (χ3n) is 5.45. The molecule has 2 fully saturated rings. The second-order valence-corrected chi connectivity index (χ2v) is 7.64. The molecule has 1 aliphatic heterocycles. The number of carboxylic acid groups (broad SMARTS) is 1. The van der Waals surface area contributed by atoms with Crippen molar-refractivity contribution in [1.82, 2.24) is 4.90 Å². The second kappa shape index (κ2) is 7.98. The van der Waals surface area contributed by atoms with Crippen molar-refractivity contribution in [2.45, 2.75) is 65.2 Å². The van der Waals surface area contributed by atoms with E-state index >= 15 is 0 Å². The Morgan fingerprint density at radius 3 is 2.32 bits per heavy atom. The Balaban J connectivity index is 1.78. The van der Waals surface area contributed by atoms with Crippen LogP contribution in [0.3, 0.4) is 0 Å². The largest absolute Gasteiger partial charge is 0.481 e. The zero-order valence-corrected chi connectivity index (χ0v) is 14.1. The van der Waals surface area contributed by atoms with Gasteiger partial charge in [-0.3, -0.25) is 9.59 Å². The van der Waals surface area contributed by atoms with E-state index in [1.165, 1.54) is 12.8 Å². The number of nitrogens with zero attached hydrogens (tertiary/aromatic N) is 1. The third kappa shape index (κ3) is 4.72. The number of carbonyl (C=O) groups excluding carboxylic acids is 1. The topological polar surface area (TPSA) is 57.6 Å². The maximum atomic E-state index is 12.6. The Kier molecular flexibility index (Phi) is 6.27. The van der Waals surface area contributed by atoms with Crippen LogP contribution in [-0.4, -0.2) is 35.0 Å². The molecule has 1 amide bonds. The Morgan fingerprint density at radius 2 is 1.73 bits per heavy atom. The van der Waals surface area contributed by atoms with Crippen LogP contribution in [0.15, 0.2) is 0 Å². The lowest BCUT2D eigenvalue weighted by Crippen LogP contribution is -2.43. The van der Waals surface area contributed by atoms with E-state index in [1.807, 2.05) is 4.90 Å². The van der Waals surface area contributed by atoms with Gasteiger partial charge in [0.15, 0.2) is 0 Å². The summed E-state index contributed by atoms with van der Waals surface area (Å²) < 4.78 is 0. The highest BCUT2D eigenvalue weighted by Gasteiger charge is 2.34. The fourth-order valence-electron chi connectivity index (χ4n) is 3.91. The van der Waals surface area contributed by atoms with E-state index in [1.54, 1.807) is 0 Å². The maximum Gasteiger partial charge on any atom is 0.306 e. The van der Waals surface area contributed by atoms with Crippen LogP contribution in [0.5, 0.6) is 0 Å². The summed E-state index contributed by atoms with van der Waals surface area (Å²) in [5.74, 6) is 0.644. The Morgan fingerprint density at radius 1 is 1.09 bits per heavy atom. The molecule has 2 unspecified atom stereocenters. The number of hydrogen-bond donors (Lipinski definition) is 1. The average molecular weight is 309 g/mol. The molecule has 1 saturated heterocycles. The summed E-state index contributed by atoms with van der Waals surface area (Å²) in [5, 5.41) is 9.16. The molecule has 1 N–H and O–H groups in total. The quantitative estimate of drug-likeness (QED) is 0.845. The lowest BCUT2D eigenvalue weighted by Gasteiger charge is -2.36. The van der Waals surface area contributed by atoms with Gasteiger partial charge in [0.2, 0.25) is 5.91 Å². The van der Waals surface area contributed by atoms with Crippen LogP contribution in [-0.2, 0) is 9.59 Å². The minimum Gasteiger partial charge on any atom is -0.481 e. The van der Waals surface area contributed by atoms with Gasteiger partial charge in [-0.05, 0) is 43.9 Å². The predicted molar refractivity (Wildman–Crippen MR) is 86.5 cm³/mol. The summed E-state index contributed by atoms with van der Waals surface area (Å²) in [4.78, 5) is 25.8. The van der Waals surface area contributed by atoms with Crippen molar-refractivity contribution in [2.75, 3.05) is 13.1 Å². The molecule has 2 rings (SSSR count). The molecule has 4 nitrogen and oxygen atoms in total. The molecule has 0 spiro atoms. The van der Waals surface area contributed by atoms with Gasteiger partial charge >= 0.3 is 5.97 Å². The average Bonchev–Trinajstić information content (AvgIpc) is 2.53. The monoisotopic (exact) mass is 309 g/mol. The van der Waals surface area contributed by atoms with Crippen LogP contribution >= 0.6 is 0 Å². The van der Waals surface area contributed by atoms with Crippen molar-refractivity contribution in [1.29, 1.82) is 0 Å². The highest BCUT2D eigenvalue weighted by Crippen LogP contribution is 2.32. The fourth-order valence-corrected chi connectivity index (χ4v) is 3.91. The van der Waals surface area contributed by atoms with Gasteiger partial charge in [-0.2, -0.15) is 0 Å². The van der Waals surface area contributed by atoms with Crippen LogP contribution in [0.4, 0.5) is 0 Å². The highest BCUT2D eigenvalue weighted by atomic mass is 16.4. The summed E-state index contributed by atoms with van der Waals surface area (Å²) in [6.07, 6.45) is 7.82.